The monoisotopic (exact) mass is 536 g/mol. The summed E-state index contributed by atoms with van der Waals surface area (Å²) in [5.74, 6) is 2.84. The number of aryl methyl sites for hydroxylation is 1. The van der Waals surface area contributed by atoms with Crippen LogP contribution in [0.3, 0.4) is 0 Å². The molecule has 0 bridgehead atoms. The maximum Gasteiger partial charge on any atom is 0.239 e. The van der Waals surface area contributed by atoms with Gasteiger partial charge in [0, 0.05) is 50.3 Å². The summed E-state index contributed by atoms with van der Waals surface area (Å²) in [6.07, 6.45) is 6.04. The van der Waals surface area contributed by atoms with Crippen LogP contribution in [0.4, 0.5) is 5.82 Å². The fraction of sp³-hybridized carbons (Fsp3) is 0.500. The molecule has 0 fully saturated rings. The van der Waals surface area contributed by atoms with Crippen molar-refractivity contribution >= 4 is 11.7 Å². The number of fused-ring (bicyclic) bond motifs is 1. The summed E-state index contributed by atoms with van der Waals surface area (Å²) in [5.41, 5.74) is 2.00. The van der Waals surface area contributed by atoms with Gasteiger partial charge in [0.15, 0.2) is 11.5 Å². The molecule has 2 aromatic heterocycles. The van der Waals surface area contributed by atoms with Gasteiger partial charge in [-0.15, -0.1) is 0 Å². The van der Waals surface area contributed by atoms with Crippen molar-refractivity contribution in [1.82, 2.24) is 34.6 Å². The van der Waals surface area contributed by atoms with E-state index in [4.69, 9.17) is 14.5 Å². The van der Waals surface area contributed by atoms with Gasteiger partial charge in [0.2, 0.25) is 18.6 Å². The van der Waals surface area contributed by atoms with Gasteiger partial charge in [0.1, 0.15) is 12.1 Å². The first kappa shape index (κ1) is 28.3. The predicted octanol–water partition coefficient (Wildman–Crippen LogP) is 2.49. The Balaban J connectivity index is 1.39. The Labute approximate surface area is 230 Å². The van der Waals surface area contributed by atoms with E-state index >= 15 is 0 Å². The lowest BCUT2D eigenvalue weighted by Crippen LogP contribution is -2.42. The molecule has 0 atom stereocenters. The minimum atomic E-state index is -0.0173. The maximum absolute atomic E-state index is 13.0. The highest BCUT2D eigenvalue weighted by atomic mass is 16.7. The summed E-state index contributed by atoms with van der Waals surface area (Å²) in [5, 5.41) is 3.08. The summed E-state index contributed by atoms with van der Waals surface area (Å²) in [6, 6.07) is 8.00. The van der Waals surface area contributed by atoms with E-state index in [1.165, 1.54) is 5.56 Å². The normalized spacial score (nSPS) is 12.4. The topological polar surface area (TPSA) is 101 Å². The second kappa shape index (κ2) is 13.9. The van der Waals surface area contributed by atoms with Crippen molar-refractivity contribution in [1.29, 1.82) is 0 Å². The summed E-state index contributed by atoms with van der Waals surface area (Å²) in [4.78, 5) is 33.0. The molecule has 1 N–H and O–H groups in total. The summed E-state index contributed by atoms with van der Waals surface area (Å²) < 4.78 is 12.7. The average Bonchev–Trinajstić information content (AvgIpc) is 3.62. The Morgan fingerprint density at radius 3 is 2.67 bits per heavy atom. The minimum absolute atomic E-state index is 0.0173. The molecule has 0 saturated carbocycles. The summed E-state index contributed by atoms with van der Waals surface area (Å²) in [6.45, 7) is 12.4. The van der Waals surface area contributed by atoms with Gasteiger partial charge in [0.25, 0.3) is 0 Å². The van der Waals surface area contributed by atoms with Crippen LogP contribution < -0.4 is 19.7 Å². The van der Waals surface area contributed by atoms with Crippen LogP contribution >= 0.6 is 0 Å². The molecule has 3 aromatic rings. The van der Waals surface area contributed by atoms with Crippen LogP contribution in [-0.4, -0.2) is 94.9 Å². The molecule has 0 radical (unpaired) electrons. The Morgan fingerprint density at radius 1 is 1.08 bits per heavy atom. The molecule has 4 rings (SSSR count). The van der Waals surface area contributed by atoms with Crippen LogP contribution in [0.1, 0.15) is 31.5 Å². The molecule has 1 aromatic carbocycles. The third-order valence-electron chi connectivity index (χ3n) is 6.72. The highest BCUT2D eigenvalue weighted by Crippen LogP contribution is 2.32. The molecule has 1 aliphatic rings. The number of nitrogens with one attached hydrogen (secondary N) is 1. The van der Waals surface area contributed by atoms with Gasteiger partial charge in [-0.25, -0.2) is 9.97 Å². The number of likely N-dealkylation sites (N-methyl/N-ethyl adjacent to an activating group) is 1. The number of aromatic nitrogens is 4. The molecule has 0 spiro atoms. The number of nitrogens with zero attached hydrogens (tertiary/aromatic N) is 7. The molecular weight excluding hydrogens is 496 g/mol. The zero-order chi connectivity index (χ0) is 27.6. The Kier molecular flexibility index (Phi) is 10.1. The number of ether oxygens (including phenoxy) is 2. The number of amides is 1. The van der Waals surface area contributed by atoms with Crippen molar-refractivity contribution in [2.45, 2.75) is 33.7 Å². The van der Waals surface area contributed by atoms with E-state index in [2.05, 4.69) is 52.0 Å². The van der Waals surface area contributed by atoms with Gasteiger partial charge in [0.05, 0.1) is 6.54 Å². The Morgan fingerprint density at radius 2 is 1.90 bits per heavy atom. The lowest BCUT2D eigenvalue weighted by molar-refractivity contribution is -0.119. The van der Waals surface area contributed by atoms with Crippen molar-refractivity contribution in [2.24, 2.45) is 0 Å². The Bertz CT molecular complexity index is 1200. The SMILES string of the molecule is CCN(CC)CCNC(=O)CN(CCCN(C)Cc1ccc2c(c1)OCO2)c1cc(C)nc(-n2ccnc2)n1. The zero-order valence-corrected chi connectivity index (χ0v) is 23.5. The lowest BCUT2D eigenvalue weighted by atomic mass is 10.2. The van der Waals surface area contributed by atoms with Crippen LogP contribution in [0, 0.1) is 6.92 Å². The van der Waals surface area contributed by atoms with E-state index in [0.29, 0.717) is 19.0 Å². The van der Waals surface area contributed by atoms with Crippen molar-refractivity contribution in [2.75, 3.05) is 64.6 Å². The average molecular weight is 537 g/mol. The first-order valence-corrected chi connectivity index (χ1v) is 13.6. The van der Waals surface area contributed by atoms with Crippen LogP contribution in [0.2, 0.25) is 0 Å². The molecule has 39 heavy (non-hydrogen) atoms. The number of carbonyl (C=O) groups is 1. The highest BCUT2D eigenvalue weighted by molar-refractivity contribution is 5.81. The molecule has 0 aliphatic carbocycles. The number of benzene rings is 1. The highest BCUT2D eigenvalue weighted by Gasteiger charge is 2.17. The molecule has 0 saturated heterocycles. The van der Waals surface area contributed by atoms with E-state index in [-0.39, 0.29) is 19.2 Å². The van der Waals surface area contributed by atoms with Gasteiger partial charge in [-0.2, -0.15) is 4.98 Å². The van der Waals surface area contributed by atoms with Gasteiger partial charge >= 0.3 is 0 Å². The molecule has 11 heteroatoms. The molecule has 3 heterocycles. The second-order valence-corrected chi connectivity index (χ2v) is 9.71. The molecule has 0 unspecified atom stereocenters. The lowest BCUT2D eigenvalue weighted by Gasteiger charge is -2.26. The smallest absolute Gasteiger partial charge is 0.239 e. The van der Waals surface area contributed by atoms with Crippen LogP contribution in [0.5, 0.6) is 11.5 Å². The number of carbonyl (C=O) groups excluding carboxylic acids is 1. The van der Waals surface area contributed by atoms with E-state index in [0.717, 1.165) is 62.2 Å². The molecule has 1 aliphatic heterocycles. The summed E-state index contributed by atoms with van der Waals surface area (Å²) in [7, 11) is 2.10. The van der Waals surface area contributed by atoms with Gasteiger partial charge in [-0.05, 0) is 57.7 Å². The van der Waals surface area contributed by atoms with Crippen LogP contribution in [0.25, 0.3) is 5.95 Å². The number of hydrogen-bond donors (Lipinski definition) is 1. The van der Waals surface area contributed by atoms with E-state index in [1.54, 1.807) is 17.1 Å². The predicted molar refractivity (Wildman–Crippen MR) is 150 cm³/mol. The standard InChI is InChI=1S/C28H40N8O3/c1-5-34(6-2)14-11-30-27(37)19-35(26-16-22(3)31-28(32-26)36-15-10-29-20-36)13-7-12-33(4)18-23-8-9-24-25(17-23)39-21-38-24/h8-10,15-17,20H,5-7,11-14,18-19,21H2,1-4H3,(H,30,37). The number of hydrogen-bond acceptors (Lipinski definition) is 9. The third kappa shape index (κ3) is 8.14. The minimum Gasteiger partial charge on any atom is -0.454 e. The van der Waals surface area contributed by atoms with Crippen LogP contribution in [0.15, 0.2) is 43.0 Å². The fourth-order valence-corrected chi connectivity index (χ4v) is 4.55. The van der Waals surface area contributed by atoms with E-state index in [9.17, 15) is 4.79 Å². The third-order valence-corrected chi connectivity index (χ3v) is 6.72. The largest absolute Gasteiger partial charge is 0.454 e. The quantitative estimate of drug-likeness (QED) is 0.314. The molecule has 11 nitrogen and oxygen atoms in total. The Hall–Kier alpha value is -3.70. The van der Waals surface area contributed by atoms with Gasteiger partial charge in [-0.3, -0.25) is 9.36 Å². The van der Waals surface area contributed by atoms with Crippen molar-refractivity contribution in [3.63, 3.8) is 0 Å². The molecular formula is C28H40N8O3. The maximum atomic E-state index is 13.0. The summed E-state index contributed by atoms with van der Waals surface area (Å²) >= 11 is 0. The van der Waals surface area contributed by atoms with Crippen molar-refractivity contribution in [3.05, 3.63) is 54.2 Å². The first-order chi connectivity index (χ1) is 18.9. The molecule has 210 valence electrons. The fourth-order valence-electron chi connectivity index (χ4n) is 4.55. The first-order valence-electron chi connectivity index (χ1n) is 13.6. The van der Waals surface area contributed by atoms with Crippen molar-refractivity contribution in [3.8, 4) is 17.4 Å². The van der Waals surface area contributed by atoms with Gasteiger partial charge < -0.3 is 29.5 Å². The van der Waals surface area contributed by atoms with Gasteiger partial charge in [-0.1, -0.05) is 19.9 Å². The second-order valence-electron chi connectivity index (χ2n) is 9.71. The molecule has 1 amide bonds. The number of anilines is 1. The number of rotatable bonds is 15. The van der Waals surface area contributed by atoms with E-state index in [1.807, 2.05) is 36.2 Å². The van der Waals surface area contributed by atoms with E-state index < -0.39 is 0 Å². The number of imidazole rings is 1. The van der Waals surface area contributed by atoms with Crippen molar-refractivity contribution < 1.29 is 14.3 Å². The van der Waals surface area contributed by atoms with Crippen LogP contribution in [-0.2, 0) is 11.3 Å². The zero-order valence-electron chi connectivity index (χ0n) is 23.5.